The van der Waals surface area contributed by atoms with Crippen molar-refractivity contribution in [2.75, 3.05) is 11.9 Å². The molecule has 128 valence electrons. The number of rotatable bonds is 5. The maximum absolute atomic E-state index is 12.3. The second-order valence-electron chi connectivity index (χ2n) is 6.15. The normalized spacial score (nSPS) is 23.2. The molecule has 1 aliphatic carbocycles. The molecule has 0 bridgehead atoms. The highest BCUT2D eigenvalue weighted by atomic mass is 32.1. The Bertz CT molecular complexity index is 675. The highest BCUT2D eigenvalue weighted by Crippen LogP contribution is 2.38. The molecule has 0 unspecified atom stereocenters. The lowest BCUT2D eigenvalue weighted by molar-refractivity contribution is -0.140. The topological polar surface area (TPSA) is 110 Å². The summed E-state index contributed by atoms with van der Waals surface area (Å²) >= 11 is 1.20. The van der Waals surface area contributed by atoms with E-state index in [1.54, 1.807) is 11.4 Å². The van der Waals surface area contributed by atoms with E-state index in [2.05, 4.69) is 5.32 Å². The van der Waals surface area contributed by atoms with Gasteiger partial charge in [-0.25, -0.2) is 0 Å². The van der Waals surface area contributed by atoms with Crippen molar-refractivity contribution in [2.45, 2.75) is 32.1 Å². The third-order valence-corrected chi connectivity index (χ3v) is 5.51. The fraction of sp³-hybridized carbons (Fsp3) is 0.500. The Hall–Kier alpha value is -2.22. The summed E-state index contributed by atoms with van der Waals surface area (Å²) in [6, 6.07) is 1.54. The van der Waals surface area contributed by atoms with Crippen molar-refractivity contribution in [3.8, 4) is 0 Å². The fourth-order valence-electron chi connectivity index (χ4n) is 3.45. The molecule has 0 radical (unpaired) electrons. The minimum atomic E-state index is -0.611. The van der Waals surface area contributed by atoms with Crippen LogP contribution in [-0.2, 0) is 14.4 Å². The van der Waals surface area contributed by atoms with Gasteiger partial charge in [-0.3, -0.25) is 24.1 Å². The molecule has 3 N–H and O–H groups in total. The first-order valence-electron chi connectivity index (χ1n) is 8.01. The highest BCUT2D eigenvalue weighted by molar-refractivity contribution is 7.14. The van der Waals surface area contributed by atoms with Gasteiger partial charge in [0.25, 0.3) is 5.91 Å². The van der Waals surface area contributed by atoms with E-state index in [1.165, 1.54) is 16.2 Å². The first-order chi connectivity index (χ1) is 11.5. The third-order valence-electron chi connectivity index (χ3n) is 4.68. The molecule has 2 aliphatic rings. The van der Waals surface area contributed by atoms with Crippen LogP contribution in [0.5, 0.6) is 0 Å². The van der Waals surface area contributed by atoms with Crippen molar-refractivity contribution in [3.63, 3.8) is 0 Å². The Morgan fingerprint density at radius 1 is 1.21 bits per heavy atom. The predicted molar refractivity (Wildman–Crippen MR) is 88.3 cm³/mol. The van der Waals surface area contributed by atoms with Gasteiger partial charge in [0.05, 0.1) is 17.4 Å². The smallest absolute Gasteiger partial charge is 0.251 e. The van der Waals surface area contributed by atoms with Gasteiger partial charge in [-0.05, 0) is 24.3 Å². The average molecular weight is 349 g/mol. The number of fused-ring (bicyclic) bond motifs is 1. The lowest BCUT2D eigenvalue weighted by atomic mass is 9.81. The van der Waals surface area contributed by atoms with Crippen LogP contribution in [0.25, 0.3) is 0 Å². The number of likely N-dealkylation sites (tertiary alicyclic amines) is 1. The monoisotopic (exact) mass is 349 g/mol. The average Bonchev–Trinajstić information content (AvgIpc) is 3.11. The Balaban J connectivity index is 1.58. The number of imide groups is 1. The first kappa shape index (κ1) is 16.6. The Morgan fingerprint density at radius 2 is 1.83 bits per heavy atom. The van der Waals surface area contributed by atoms with E-state index < -0.39 is 5.91 Å². The van der Waals surface area contributed by atoms with E-state index >= 15 is 0 Å². The predicted octanol–water partition coefficient (Wildman–Crippen LogP) is 1.35. The van der Waals surface area contributed by atoms with Crippen LogP contribution in [0.3, 0.4) is 0 Å². The molecule has 4 amide bonds. The Kier molecular flexibility index (Phi) is 4.66. The third kappa shape index (κ3) is 3.06. The molecular weight excluding hydrogens is 330 g/mol. The molecule has 2 fully saturated rings. The van der Waals surface area contributed by atoms with Crippen LogP contribution < -0.4 is 11.1 Å². The molecule has 0 aromatic carbocycles. The second-order valence-corrected chi connectivity index (χ2v) is 7.07. The number of hydrogen-bond acceptors (Lipinski definition) is 5. The zero-order chi connectivity index (χ0) is 17.3. The number of hydrogen-bond donors (Lipinski definition) is 2. The number of anilines is 1. The quantitative estimate of drug-likeness (QED) is 0.782. The van der Waals surface area contributed by atoms with Crippen molar-refractivity contribution in [1.29, 1.82) is 0 Å². The van der Waals surface area contributed by atoms with Crippen LogP contribution in [0, 0.1) is 11.8 Å². The van der Waals surface area contributed by atoms with Crippen molar-refractivity contribution in [1.82, 2.24) is 4.90 Å². The summed E-state index contributed by atoms with van der Waals surface area (Å²) in [5.41, 5.74) is 5.49. The molecule has 1 aromatic heterocycles. The van der Waals surface area contributed by atoms with Crippen molar-refractivity contribution >= 4 is 40.0 Å². The summed E-state index contributed by atoms with van der Waals surface area (Å²) in [5, 5.41) is 4.67. The van der Waals surface area contributed by atoms with Gasteiger partial charge in [0.15, 0.2) is 0 Å². The van der Waals surface area contributed by atoms with Crippen LogP contribution in [-0.4, -0.2) is 35.1 Å². The van der Waals surface area contributed by atoms with E-state index in [0.717, 1.165) is 25.7 Å². The first-order valence-corrected chi connectivity index (χ1v) is 8.89. The summed E-state index contributed by atoms with van der Waals surface area (Å²) in [7, 11) is 0. The van der Waals surface area contributed by atoms with Gasteiger partial charge >= 0.3 is 0 Å². The van der Waals surface area contributed by atoms with Crippen LogP contribution in [0.15, 0.2) is 11.4 Å². The summed E-state index contributed by atoms with van der Waals surface area (Å²) < 4.78 is 0. The number of thiophene rings is 1. The minimum Gasteiger partial charge on any atom is -0.366 e. The SMILES string of the molecule is NC(=O)c1ccsc1NC(=O)CCN1C(=O)[C@H]2CCCC[C@@H]2C1=O. The van der Waals surface area contributed by atoms with Gasteiger partial charge in [-0.1, -0.05) is 12.8 Å². The number of primary amides is 1. The second kappa shape index (κ2) is 6.72. The summed E-state index contributed by atoms with van der Waals surface area (Å²) in [4.78, 5) is 49.2. The zero-order valence-electron chi connectivity index (χ0n) is 13.1. The molecule has 2 heterocycles. The van der Waals surface area contributed by atoms with E-state index in [4.69, 9.17) is 5.73 Å². The van der Waals surface area contributed by atoms with Gasteiger partial charge in [0.1, 0.15) is 5.00 Å². The van der Waals surface area contributed by atoms with Crippen LogP contribution in [0.1, 0.15) is 42.5 Å². The molecule has 24 heavy (non-hydrogen) atoms. The summed E-state index contributed by atoms with van der Waals surface area (Å²) in [6.07, 6.45) is 3.47. The highest BCUT2D eigenvalue weighted by Gasteiger charge is 2.47. The molecule has 3 rings (SSSR count). The number of nitrogens with one attached hydrogen (secondary N) is 1. The molecule has 1 saturated heterocycles. The zero-order valence-corrected chi connectivity index (χ0v) is 13.9. The molecule has 2 atom stereocenters. The Morgan fingerprint density at radius 3 is 2.42 bits per heavy atom. The lowest BCUT2D eigenvalue weighted by Gasteiger charge is -2.19. The van der Waals surface area contributed by atoms with Crippen LogP contribution in [0.2, 0.25) is 0 Å². The van der Waals surface area contributed by atoms with Gasteiger partial charge in [-0.15, -0.1) is 11.3 Å². The maximum Gasteiger partial charge on any atom is 0.251 e. The van der Waals surface area contributed by atoms with Crippen molar-refractivity contribution < 1.29 is 19.2 Å². The van der Waals surface area contributed by atoms with Crippen molar-refractivity contribution in [2.24, 2.45) is 17.6 Å². The number of carbonyl (C=O) groups excluding carboxylic acids is 4. The summed E-state index contributed by atoms with van der Waals surface area (Å²) in [6.45, 7) is 0.0772. The fourth-order valence-corrected chi connectivity index (χ4v) is 4.26. The largest absolute Gasteiger partial charge is 0.366 e. The van der Waals surface area contributed by atoms with E-state index in [1.807, 2.05) is 0 Å². The van der Waals surface area contributed by atoms with Crippen LogP contribution >= 0.6 is 11.3 Å². The van der Waals surface area contributed by atoms with E-state index in [-0.39, 0.29) is 48.1 Å². The number of nitrogens with two attached hydrogens (primary N) is 1. The van der Waals surface area contributed by atoms with Gasteiger partial charge in [-0.2, -0.15) is 0 Å². The molecule has 1 aromatic rings. The summed E-state index contributed by atoms with van der Waals surface area (Å²) in [5.74, 6) is -1.66. The Labute approximate surface area is 143 Å². The van der Waals surface area contributed by atoms with Gasteiger partial charge < -0.3 is 11.1 Å². The maximum atomic E-state index is 12.3. The number of carbonyl (C=O) groups is 4. The van der Waals surface area contributed by atoms with E-state index in [9.17, 15) is 19.2 Å². The van der Waals surface area contributed by atoms with Crippen LogP contribution in [0.4, 0.5) is 5.00 Å². The molecule has 8 heteroatoms. The molecule has 7 nitrogen and oxygen atoms in total. The number of nitrogens with zero attached hydrogens (tertiary/aromatic N) is 1. The van der Waals surface area contributed by atoms with E-state index in [0.29, 0.717) is 5.00 Å². The standard InChI is InChI=1S/C16H19N3O4S/c17-13(21)11-6-8-24-14(11)18-12(20)5-7-19-15(22)9-3-1-2-4-10(9)16(19)23/h6,8-10H,1-5,7H2,(H2,17,21)(H,18,20)/t9-,10-/m0/s1. The lowest BCUT2D eigenvalue weighted by Crippen LogP contribution is -2.34. The minimum absolute atomic E-state index is 0.00697. The van der Waals surface area contributed by atoms with Gasteiger partial charge in [0, 0.05) is 13.0 Å². The molecule has 1 aliphatic heterocycles. The molecule has 1 saturated carbocycles. The molecular formula is C16H19N3O4S. The van der Waals surface area contributed by atoms with Gasteiger partial charge in [0.2, 0.25) is 17.7 Å². The molecule has 0 spiro atoms. The van der Waals surface area contributed by atoms with Crippen molar-refractivity contribution in [3.05, 3.63) is 17.0 Å². The number of amides is 4.